The molecule has 0 atom stereocenters. The van der Waals surface area contributed by atoms with Crippen LogP contribution in [-0.2, 0) is 20.7 Å². The third-order valence-electron chi connectivity index (χ3n) is 2.93. The zero-order valence-corrected chi connectivity index (χ0v) is 11.4. The molecule has 0 unspecified atom stereocenters. The number of benzene rings is 1. The minimum absolute atomic E-state index is 0.0180. The monoisotopic (exact) mass is 274 g/mol. The van der Waals surface area contributed by atoms with Gasteiger partial charge in [0.15, 0.2) is 5.78 Å². The summed E-state index contributed by atoms with van der Waals surface area (Å²) in [6, 6.07) is 8.05. The molecule has 1 amide bonds. The molecule has 2 aromatic rings. The number of carbonyl (C=O) groups is 2. The van der Waals surface area contributed by atoms with E-state index in [0.717, 1.165) is 11.9 Å². The molecule has 5 heteroatoms. The van der Waals surface area contributed by atoms with E-state index in [1.165, 1.54) is 17.9 Å². The summed E-state index contributed by atoms with van der Waals surface area (Å²) < 4.78 is 4.95. The van der Waals surface area contributed by atoms with E-state index in [9.17, 15) is 9.59 Å². The second-order valence-electron chi connectivity index (χ2n) is 4.65. The van der Waals surface area contributed by atoms with E-state index >= 15 is 0 Å². The molecule has 106 valence electrons. The molecule has 0 spiro atoms. The fourth-order valence-electron chi connectivity index (χ4n) is 2.01. The summed E-state index contributed by atoms with van der Waals surface area (Å²) in [4.78, 5) is 25.3. The van der Waals surface area contributed by atoms with E-state index in [4.69, 9.17) is 4.74 Å². The SMILES string of the molecule is CC(=O)COCC(=O)NCCc1c[nH]c2ccccc12. The summed E-state index contributed by atoms with van der Waals surface area (Å²) in [7, 11) is 0. The van der Waals surface area contributed by atoms with Gasteiger partial charge in [0.05, 0.1) is 0 Å². The molecule has 0 radical (unpaired) electrons. The normalized spacial score (nSPS) is 10.7. The smallest absolute Gasteiger partial charge is 0.246 e. The van der Waals surface area contributed by atoms with E-state index in [1.54, 1.807) is 0 Å². The lowest BCUT2D eigenvalue weighted by Gasteiger charge is -2.05. The molecule has 1 aromatic heterocycles. The molecule has 1 aromatic carbocycles. The zero-order chi connectivity index (χ0) is 14.4. The lowest BCUT2D eigenvalue weighted by atomic mass is 10.1. The number of ketones is 1. The number of hydrogen-bond acceptors (Lipinski definition) is 3. The molecule has 0 fully saturated rings. The second-order valence-corrected chi connectivity index (χ2v) is 4.65. The summed E-state index contributed by atoms with van der Waals surface area (Å²) in [5.41, 5.74) is 2.27. The van der Waals surface area contributed by atoms with E-state index in [1.807, 2.05) is 24.4 Å². The molecule has 2 N–H and O–H groups in total. The summed E-state index contributed by atoms with van der Waals surface area (Å²) >= 11 is 0. The number of amides is 1. The first-order valence-electron chi connectivity index (χ1n) is 6.55. The topological polar surface area (TPSA) is 71.2 Å². The summed E-state index contributed by atoms with van der Waals surface area (Å²) in [5.74, 6) is -0.289. The first kappa shape index (κ1) is 14.3. The molecule has 5 nitrogen and oxygen atoms in total. The van der Waals surface area contributed by atoms with Gasteiger partial charge in [-0.3, -0.25) is 9.59 Å². The first-order valence-corrected chi connectivity index (χ1v) is 6.55. The van der Waals surface area contributed by atoms with Crippen molar-refractivity contribution in [2.75, 3.05) is 19.8 Å². The standard InChI is InChI=1S/C15H18N2O3/c1-11(18)9-20-10-15(19)16-7-6-12-8-17-14-5-3-2-4-13(12)14/h2-5,8,17H,6-7,9-10H2,1H3,(H,16,19). The van der Waals surface area contributed by atoms with Gasteiger partial charge in [-0.2, -0.15) is 0 Å². The average molecular weight is 274 g/mol. The van der Waals surface area contributed by atoms with Gasteiger partial charge in [0, 0.05) is 23.6 Å². The van der Waals surface area contributed by atoms with Crippen LogP contribution in [0, 0.1) is 0 Å². The number of Topliss-reactive ketones (excluding diaryl/α,β-unsaturated/α-hetero) is 1. The van der Waals surface area contributed by atoms with Gasteiger partial charge in [0.25, 0.3) is 0 Å². The van der Waals surface area contributed by atoms with Crippen molar-refractivity contribution in [3.05, 3.63) is 36.0 Å². The Morgan fingerprint density at radius 1 is 1.25 bits per heavy atom. The summed E-state index contributed by atoms with van der Waals surface area (Å²) in [5, 5.41) is 3.95. The van der Waals surface area contributed by atoms with Crippen LogP contribution >= 0.6 is 0 Å². The molecule has 0 aliphatic heterocycles. The highest BCUT2D eigenvalue weighted by Crippen LogP contribution is 2.17. The molecular formula is C15H18N2O3. The average Bonchev–Trinajstić information content (AvgIpc) is 2.82. The van der Waals surface area contributed by atoms with Crippen molar-refractivity contribution in [2.45, 2.75) is 13.3 Å². The highest BCUT2D eigenvalue weighted by Gasteiger charge is 2.05. The predicted molar refractivity (Wildman–Crippen MR) is 76.5 cm³/mol. The van der Waals surface area contributed by atoms with Gasteiger partial charge in [-0.15, -0.1) is 0 Å². The molecule has 0 aliphatic carbocycles. The van der Waals surface area contributed by atoms with Gasteiger partial charge >= 0.3 is 0 Å². The number of aromatic nitrogens is 1. The maximum atomic E-state index is 11.5. The van der Waals surface area contributed by atoms with Gasteiger partial charge in [0.2, 0.25) is 5.91 Å². The van der Waals surface area contributed by atoms with Crippen LogP contribution in [0.5, 0.6) is 0 Å². The van der Waals surface area contributed by atoms with Crippen molar-refractivity contribution in [3.8, 4) is 0 Å². The van der Waals surface area contributed by atoms with Crippen molar-refractivity contribution in [1.29, 1.82) is 0 Å². The Morgan fingerprint density at radius 2 is 2.05 bits per heavy atom. The molecule has 1 heterocycles. The third-order valence-corrected chi connectivity index (χ3v) is 2.93. The Bertz CT molecular complexity index is 604. The minimum atomic E-state index is -0.203. The quantitative estimate of drug-likeness (QED) is 0.802. The van der Waals surface area contributed by atoms with Crippen LogP contribution < -0.4 is 5.32 Å². The summed E-state index contributed by atoms with van der Waals surface area (Å²) in [6.45, 7) is 1.88. The molecule has 0 saturated carbocycles. The number of ether oxygens (including phenoxy) is 1. The number of para-hydroxylation sites is 1. The Kier molecular flexibility index (Phi) is 4.90. The molecule has 20 heavy (non-hydrogen) atoms. The van der Waals surface area contributed by atoms with Crippen LogP contribution in [0.15, 0.2) is 30.5 Å². The van der Waals surface area contributed by atoms with Crippen LogP contribution in [0.2, 0.25) is 0 Å². The lowest BCUT2D eigenvalue weighted by Crippen LogP contribution is -2.30. The number of nitrogens with one attached hydrogen (secondary N) is 2. The van der Waals surface area contributed by atoms with Crippen LogP contribution in [0.4, 0.5) is 0 Å². The van der Waals surface area contributed by atoms with Gasteiger partial charge in [-0.05, 0) is 25.0 Å². The lowest BCUT2D eigenvalue weighted by molar-refractivity contribution is -0.129. The molecule has 0 aliphatic rings. The third kappa shape index (κ3) is 3.93. The number of rotatable bonds is 7. The number of hydrogen-bond donors (Lipinski definition) is 2. The van der Waals surface area contributed by atoms with Crippen LogP contribution in [0.3, 0.4) is 0 Å². The molecule has 2 rings (SSSR count). The van der Waals surface area contributed by atoms with E-state index in [-0.39, 0.29) is 24.9 Å². The van der Waals surface area contributed by atoms with E-state index < -0.39 is 0 Å². The number of aromatic amines is 1. The number of fused-ring (bicyclic) bond motifs is 1. The molecular weight excluding hydrogens is 256 g/mol. The highest BCUT2D eigenvalue weighted by atomic mass is 16.5. The zero-order valence-electron chi connectivity index (χ0n) is 11.4. The second kappa shape index (κ2) is 6.86. The predicted octanol–water partition coefficient (Wildman–Crippen LogP) is 1.43. The van der Waals surface area contributed by atoms with Crippen molar-refractivity contribution in [1.82, 2.24) is 10.3 Å². The Morgan fingerprint density at radius 3 is 2.85 bits per heavy atom. The Hall–Kier alpha value is -2.14. The fourth-order valence-corrected chi connectivity index (χ4v) is 2.01. The van der Waals surface area contributed by atoms with Gasteiger partial charge in [-0.1, -0.05) is 18.2 Å². The fraction of sp³-hybridized carbons (Fsp3) is 0.333. The van der Waals surface area contributed by atoms with Crippen LogP contribution in [0.1, 0.15) is 12.5 Å². The van der Waals surface area contributed by atoms with Crippen molar-refractivity contribution in [2.24, 2.45) is 0 Å². The Balaban J connectivity index is 1.75. The maximum Gasteiger partial charge on any atom is 0.246 e. The van der Waals surface area contributed by atoms with Crippen molar-refractivity contribution >= 4 is 22.6 Å². The van der Waals surface area contributed by atoms with E-state index in [2.05, 4.69) is 16.4 Å². The summed E-state index contributed by atoms with van der Waals surface area (Å²) in [6.07, 6.45) is 2.71. The highest BCUT2D eigenvalue weighted by molar-refractivity contribution is 5.83. The van der Waals surface area contributed by atoms with Crippen molar-refractivity contribution in [3.63, 3.8) is 0 Å². The van der Waals surface area contributed by atoms with Gasteiger partial charge in [0.1, 0.15) is 13.2 Å². The van der Waals surface area contributed by atoms with Crippen LogP contribution in [-0.4, -0.2) is 36.4 Å². The maximum absolute atomic E-state index is 11.5. The number of carbonyl (C=O) groups excluding carboxylic acids is 2. The van der Waals surface area contributed by atoms with Crippen molar-refractivity contribution < 1.29 is 14.3 Å². The Labute approximate surface area is 117 Å². The first-order chi connectivity index (χ1) is 9.66. The molecule has 0 bridgehead atoms. The largest absolute Gasteiger partial charge is 0.364 e. The molecule has 0 saturated heterocycles. The minimum Gasteiger partial charge on any atom is -0.364 e. The number of H-pyrrole nitrogens is 1. The van der Waals surface area contributed by atoms with Gasteiger partial charge in [-0.25, -0.2) is 0 Å². The van der Waals surface area contributed by atoms with Gasteiger partial charge < -0.3 is 15.0 Å². The van der Waals surface area contributed by atoms with Crippen LogP contribution in [0.25, 0.3) is 10.9 Å². The van der Waals surface area contributed by atoms with E-state index in [0.29, 0.717) is 6.54 Å².